The summed E-state index contributed by atoms with van der Waals surface area (Å²) in [4.78, 5) is 59.2. The monoisotopic (exact) mass is 452 g/mol. The molecule has 0 spiro atoms. The standard InChI is InChI=1S/C23H20N2O8/c1-23(2)32-21(30)17(22(31)33-23)12-24-15-7-3-13(4-8-15)18(26)11-19(27)25-16-9-5-14(6-10-16)20(28)29/h3-10,12,24H,11H2,1-2H3,(H,25,27)(H,28,29). The fraction of sp³-hybridized carbons (Fsp3) is 0.174. The number of hydrogen-bond donors (Lipinski definition) is 3. The number of rotatable bonds is 7. The van der Waals surface area contributed by atoms with Crippen molar-refractivity contribution in [1.29, 1.82) is 0 Å². The van der Waals surface area contributed by atoms with Gasteiger partial charge < -0.3 is 25.2 Å². The molecule has 0 atom stereocenters. The maximum Gasteiger partial charge on any atom is 0.350 e. The van der Waals surface area contributed by atoms with Crippen LogP contribution < -0.4 is 10.6 Å². The van der Waals surface area contributed by atoms with Gasteiger partial charge in [0.05, 0.1) is 12.0 Å². The average molecular weight is 452 g/mol. The van der Waals surface area contributed by atoms with Crippen LogP contribution in [0.4, 0.5) is 11.4 Å². The molecule has 10 heteroatoms. The highest BCUT2D eigenvalue weighted by molar-refractivity contribution is 6.15. The summed E-state index contributed by atoms with van der Waals surface area (Å²) in [5.41, 5.74) is 0.904. The van der Waals surface area contributed by atoms with Crippen LogP contribution in [0, 0.1) is 0 Å². The van der Waals surface area contributed by atoms with Crippen LogP contribution in [0.5, 0.6) is 0 Å². The third kappa shape index (κ3) is 6.03. The number of hydrogen-bond acceptors (Lipinski definition) is 8. The Kier molecular flexibility index (Phi) is 6.57. The number of carbonyl (C=O) groups excluding carboxylic acids is 4. The SMILES string of the molecule is CC1(C)OC(=O)C(=CNc2ccc(C(=O)CC(=O)Nc3ccc(C(=O)O)cc3)cc2)C(=O)O1. The van der Waals surface area contributed by atoms with Gasteiger partial charge in [-0.2, -0.15) is 0 Å². The Hall–Kier alpha value is -4.47. The molecule has 0 saturated carbocycles. The Labute approximate surface area is 188 Å². The van der Waals surface area contributed by atoms with E-state index < -0.39 is 41.8 Å². The predicted octanol–water partition coefficient (Wildman–Crippen LogP) is 2.73. The second-order valence-electron chi connectivity index (χ2n) is 7.49. The van der Waals surface area contributed by atoms with Gasteiger partial charge in [-0.25, -0.2) is 14.4 Å². The van der Waals surface area contributed by atoms with Crippen molar-refractivity contribution >= 4 is 41.0 Å². The van der Waals surface area contributed by atoms with E-state index in [4.69, 9.17) is 14.6 Å². The minimum atomic E-state index is -1.33. The number of nitrogens with one attached hydrogen (secondary N) is 2. The zero-order valence-electron chi connectivity index (χ0n) is 17.7. The first kappa shape index (κ1) is 23.2. The van der Waals surface area contributed by atoms with Gasteiger partial charge in [0, 0.05) is 37.0 Å². The number of esters is 2. The first-order valence-corrected chi connectivity index (χ1v) is 9.74. The van der Waals surface area contributed by atoms with Crippen LogP contribution in [0.2, 0.25) is 0 Å². The van der Waals surface area contributed by atoms with E-state index in [-0.39, 0.29) is 16.7 Å². The molecule has 1 saturated heterocycles. The maximum absolute atomic E-state index is 12.4. The molecule has 0 aliphatic carbocycles. The molecule has 170 valence electrons. The number of Topliss-reactive ketones (excluding diaryl/α,β-unsaturated/α-hetero) is 1. The molecule has 1 fully saturated rings. The molecule has 3 rings (SSSR count). The number of anilines is 2. The summed E-state index contributed by atoms with van der Waals surface area (Å²) in [6.07, 6.45) is 0.741. The first-order chi connectivity index (χ1) is 15.5. The highest BCUT2D eigenvalue weighted by Crippen LogP contribution is 2.23. The number of carboxylic acids is 1. The van der Waals surface area contributed by atoms with Crippen molar-refractivity contribution in [2.45, 2.75) is 26.1 Å². The van der Waals surface area contributed by atoms with Gasteiger partial charge in [0.25, 0.3) is 5.79 Å². The fourth-order valence-electron chi connectivity index (χ4n) is 2.84. The third-order valence-corrected chi connectivity index (χ3v) is 4.44. The van der Waals surface area contributed by atoms with Crippen LogP contribution in [0.1, 0.15) is 41.0 Å². The van der Waals surface area contributed by atoms with Crippen molar-refractivity contribution in [2.75, 3.05) is 10.6 Å². The zero-order valence-corrected chi connectivity index (χ0v) is 17.7. The molecule has 0 aromatic heterocycles. The first-order valence-electron chi connectivity index (χ1n) is 9.74. The van der Waals surface area contributed by atoms with Crippen molar-refractivity contribution in [3.8, 4) is 0 Å². The summed E-state index contributed by atoms with van der Waals surface area (Å²) in [7, 11) is 0. The van der Waals surface area contributed by atoms with Gasteiger partial charge in [-0.1, -0.05) is 0 Å². The van der Waals surface area contributed by atoms with Crippen LogP contribution in [-0.2, 0) is 23.9 Å². The van der Waals surface area contributed by atoms with E-state index in [2.05, 4.69) is 10.6 Å². The van der Waals surface area contributed by atoms with Gasteiger partial charge in [0.2, 0.25) is 5.91 Å². The smallest absolute Gasteiger partial charge is 0.350 e. The lowest BCUT2D eigenvalue weighted by Crippen LogP contribution is -2.42. The van der Waals surface area contributed by atoms with Crippen LogP contribution in [0.25, 0.3) is 0 Å². The lowest BCUT2D eigenvalue weighted by molar-refractivity contribution is -0.222. The van der Waals surface area contributed by atoms with Gasteiger partial charge in [-0.05, 0) is 48.5 Å². The van der Waals surface area contributed by atoms with Crippen LogP contribution >= 0.6 is 0 Å². The summed E-state index contributed by atoms with van der Waals surface area (Å²) in [6, 6.07) is 11.6. The minimum absolute atomic E-state index is 0.0783. The number of ketones is 1. The molecule has 0 unspecified atom stereocenters. The van der Waals surface area contributed by atoms with Gasteiger partial charge in [-0.3, -0.25) is 9.59 Å². The van der Waals surface area contributed by atoms with E-state index >= 15 is 0 Å². The van der Waals surface area contributed by atoms with Crippen LogP contribution in [0.3, 0.4) is 0 Å². The molecule has 33 heavy (non-hydrogen) atoms. The zero-order chi connectivity index (χ0) is 24.2. The molecule has 1 aliphatic heterocycles. The highest BCUT2D eigenvalue weighted by Gasteiger charge is 2.38. The Morgan fingerprint density at radius 1 is 0.879 bits per heavy atom. The Balaban J connectivity index is 1.56. The molecule has 2 aromatic carbocycles. The van der Waals surface area contributed by atoms with Crippen LogP contribution in [-0.4, -0.2) is 40.5 Å². The second kappa shape index (κ2) is 9.35. The van der Waals surface area contributed by atoms with Crippen LogP contribution in [0.15, 0.2) is 60.3 Å². The van der Waals surface area contributed by atoms with Crippen molar-refractivity contribution in [1.82, 2.24) is 0 Å². The number of benzene rings is 2. The second-order valence-corrected chi connectivity index (χ2v) is 7.49. The van der Waals surface area contributed by atoms with E-state index in [0.29, 0.717) is 11.4 Å². The Morgan fingerprint density at radius 3 is 1.94 bits per heavy atom. The van der Waals surface area contributed by atoms with Gasteiger partial charge in [0.1, 0.15) is 0 Å². The van der Waals surface area contributed by atoms with Gasteiger partial charge in [0.15, 0.2) is 11.4 Å². The van der Waals surface area contributed by atoms with Crippen molar-refractivity contribution in [3.05, 3.63) is 71.4 Å². The van der Waals surface area contributed by atoms with E-state index in [9.17, 15) is 24.0 Å². The largest absolute Gasteiger partial charge is 0.478 e. The molecule has 1 heterocycles. The summed E-state index contributed by atoms with van der Waals surface area (Å²) in [6.45, 7) is 2.89. The molecular weight excluding hydrogens is 432 g/mol. The average Bonchev–Trinajstić information content (AvgIpc) is 2.73. The molecule has 2 aromatic rings. The van der Waals surface area contributed by atoms with Crippen molar-refractivity contribution in [3.63, 3.8) is 0 Å². The number of amides is 1. The molecule has 0 bridgehead atoms. The molecule has 0 radical (unpaired) electrons. The van der Waals surface area contributed by atoms with E-state index in [0.717, 1.165) is 6.20 Å². The quantitative estimate of drug-likeness (QED) is 0.190. The maximum atomic E-state index is 12.4. The molecule has 1 aliphatic rings. The summed E-state index contributed by atoms with van der Waals surface area (Å²) < 4.78 is 9.99. The van der Waals surface area contributed by atoms with E-state index in [1.807, 2.05) is 0 Å². The number of ether oxygens (including phenoxy) is 2. The number of aromatic carboxylic acids is 1. The van der Waals surface area contributed by atoms with Gasteiger partial charge >= 0.3 is 17.9 Å². The highest BCUT2D eigenvalue weighted by atomic mass is 16.7. The summed E-state index contributed by atoms with van der Waals surface area (Å²) in [5, 5.41) is 14.2. The predicted molar refractivity (Wildman–Crippen MR) is 115 cm³/mol. The van der Waals surface area contributed by atoms with E-state index in [1.165, 1.54) is 62.4 Å². The Morgan fingerprint density at radius 2 is 1.39 bits per heavy atom. The molecule has 10 nitrogen and oxygen atoms in total. The number of cyclic esters (lactones) is 2. The third-order valence-electron chi connectivity index (χ3n) is 4.44. The molecular formula is C23H20N2O8. The lowest BCUT2D eigenvalue weighted by Gasteiger charge is -2.29. The summed E-state index contributed by atoms with van der Waals surface area (Å²) >= 11 is 0. The summed E-state index contributed by atoms with van der Waals surface area (Å²) in [5.74, 6) is -5.03. The molecule has 3 N–H and O–H groups in total. The van der Waals surface area contributed by atoms with Crippen molar-refractivity contribution < 1.29 is 38.6 Å². The topological polar surface area (TPSA) is 148 Å². The molecule has 1 amide bonds. The minimum Gasteiger partial charge on any atom is -0.478 e. The number of carbonyl (C=O) groups is 5. The lowest BCUT2D eigenvalue weighted by atomic mass is 10.1. The van der Waals surface area contributed by atoms with Gasteiger partial charge in [-0.15, -0.1) is 0 Å². The number of carboxylic acid groups (broad SMARTS) is 1. The van der Waals surface area contributed by atoms with E-state index in [1.54, 1.807) is 0 Å². The Bertz CT molecular complexity index is 1130. The normalized spacial score (nSPS) is 14.5. The van der Waals surface area contributed by atoms with Crippen molar-refractivity contribution in [2.24, 2.45) is 0 Å². The fourth-order valence-corrected chi connectivity index (χ4v) is 2.84.